The largest absolute Gasteiger partial charge is 0.495 e. The van der Waals surface area contributed by atoms with Crippen molar-refractivity contribution in [1.82, 2.24) is 4.90 Å². The van der Waals surface area contributed by atoms with Gasteiger partial charge in [-0.1, -0.05) is 6.07 Å². The fourth-order valence-corrected chi connectivity index (χ4v) is 2.47. The van der Waals surface area contributed by atoms with Gasteiger partial charge in [-0.3, -0.25) is 4.90 Å². The zero-order chi connectivity index (χ0) is 14.3. The van der Waals surface area contributed by atoms with Crippen molar-refractivity contribution < 1.29 is 4.74 Å². The van der Waals surface area contributed by atoms with Crippen LogP contribution in [-0.4, -0.2) is 37.1 Å². The lowest BCUT2D eigenvalue weighted by molar-refractivity contribution is 0.245. The van der Waals surface area contributed by atoms with E-state index in [1.54, 1.807) is 7.11 Å². The third kappa shape index (κ3) is 4.77. The molecule has 0 N–H and O–H groups in total. The molecule has 0 aliphatic rings. The van der Waals surface area contributed by atoms with Crippen LogP contribution in [0.2, 0.25) is 0 Å². The molecule has 0 aromatic heterocycles. The van der Waals surface area contributed by atoms with Crippen LogP contribution in [0.25, 0.3) is 0 Å². The molecule has 0 amide bonds. The molecule has 1 unspecified atom stereocenters. The van der Waals surface area contributed by atoms with Crippen molar-refractivity contribution in [3.05, 3.63) is 29.3 Å². The Hall–Kier alpha value is -1.18. The Balaban J connectivity index is 2.69. The smallest absolute Gasteiger partial charge is 0.136 e. The van der Waals surface area contributed by atoms with E-state index in [0.717, 1.165) is 12.1 Å². The highest BCUT2D eigenvalue weighted by Gasteiger charge is 2.10. The second-order valence-corrected chi connectivity index (χ2v) is 5.68. The number of hydrogen-bond acceptors (Lipinski definition) is 4. The molecule has 0 aliphatic carbocycles. The molecule has 4 heteroatoms. The molecule has 19 heavy (non-hydrogen) atoms. The molecule has 0 saturated heterocycles. The summed E-state index contributed by atoms with van der Waals surface area (Å²) < 4.78 is 5.16. The maximum Gasteiger partial charge on any atom is 0.136 e. The third-order valence-electron chi connectivity index (χ3n) is 3.31. The normalized spacial score (nSPS) is 12.2. The fraction of sp³-hybridized carbons (Fsp3) is 0.533. The highest BCUT2D eigenvalue weighted by molar-refractivity contribution is 7.98. The minimum Gasteiger partial charge on any atom is -0.495 e. The first kappa shape index (κ1) is 15.9. The van der Waals surface area contributed by atoms with E-state index < -0.39 is 0 Å². The molecule has 0 heterocycles. The van der Waals surface area contributed by atoms with Gasteiger partial charge in [0.15, 0.2) is 0 Å². The SMILES string of the molecule is COc1ccc(CN(C)C(C)CCSC)cc1C#N. The van der Waals surface area contributed by atoms with Crippen molar-refractivity contribution in [3.63, 3.8) is 0 Å². The molecule has 1 atom stereocenters. The predicted molar refractivity (Wildman–Crippen MR) is 81.6 cm³/mol. The number of nitriles is 1. The quantitative estimate of drug-likeness (QED) is 0.767. The number of methoxy groups -OCH3 is 1. The molecule has 104 valence electrons. The standard InChI is InChI=1S/C15H22N2OS/c1-12(7-8-19-4)17(2)11-13-5-6-15(18-3)14(9-13)10-16/h5-6,9,12H,7-8,11H2,1-4H3. The van der Waals surface area contributed by atoms with Crippen molar-refractivity contribution >= 4 is 11.8 Å². The molecule has 1 rings (SSSR count). The summed E-state index contributed by atoms with van der Waals surface area (Å²) in [5.41, 5.74) is 1.75. The third-order valence-corrected chi connectivity index (χ3v) is 3.95. The van der Waals surface area contributed by atoms with Crippen molar-refractivity contribution in [2.24, 2.45) is 0 Å². The van der Waals surface area contributed by atoms with Crippen LogP contribution >= 0.6 is 11.8 Å². The lowest BCUT2D eigenvalue weighted by Gasteiger charge is -2.24. The van der Waals surface area contributed by atoms with E-state index >= 15 is 0 Å². The monoisotopic (exact) mass is 278 g/mol. The van der Waals surface area contributed by atoms with Gasteiger partial charge in [0.25, 0.3) is 0 Å². The van der Waals surface area contributed by atoms with E-state index in [1.807, 2.05) is 30.0 Å². The first-order valence-electron chi connectivity index (χ1n) is 6.38. The Morgan fingerprint density at radius 3 is 2.79 bits per heavy atom. The Labute approximate surface area is 120 Å². The average molecular weight is 278 g/mol. The topological polar surface area (TPSA) is 36.3 Å². The Kier molecular flexibility index (Phi) is 6.75. The molecule has 1 aromatic rings. The van der Waals surface area contributed by atoms with Crippen molar-refractivity contribution in [3.8, 4) is 11.8 Å². The van der Waals surface area contributed by atoms with Gasteiger partial charge in [0.05, 0.1) is 12.7 Å². The lowest BCUT2D eigenvalue weighted by atomic mass is 10.1. The summed E-state index contributed by atoms with van der Waals surface area (Å²) in [5.74, 6) is 1.82. The van der Waals surface area contributed by atoms with Gasteiger partial charge in [-0.15, -0.1) is 0 Å². The highest BCUT2D eigenvalue weighted by Crippen LogP contribution is 2.20. The minimum atomic E-state index is 0.542. The summed E-state index contributed by atoms with van der Waals surface area (Å²) in [6.45, 7) is 3.10. The summed E-state index contributed by atoms with van der Waals surface area (Å²) in [4.78, 5) is 2.32. The number of nitrogens with zero attached hydrogens (tertiary/aromatic N) is 2. The zero-order valence-corrected chi connectivity index (χ0v) is 13.0. The number of hydrogen-bond donors (Lipinski definition) is 0. The van der Waals surface area contributed by atoms with Crippen LogP contribution < -0.4 is 4.74 Å². The van der Waals surface area contributed by atoms with Gasteiger partial charge in [0.1, 0.15) is 11.8 Å². The van der Waals surface area contributed by atoms with E-state index in [0.29, 0.717) is 17.4 Å². The number of rotatable bonds is 7. The van der Waals surface area contributed by atoms with E-state index in [1.165, 1.54) is 12.2 Å². The predicted octanol–water partition coefficient (Wildman–Crippen LogP) is 3.14. The molecular formula is C15H22N2OS. The van der Waals surface area contributed by atoms with Gasteiger partial charge in [-0.2, -0.15) is 17.0 Å². The van der Waals surface area contributed by atoms with Gasteiger partial charge in [0.2, 0.25) is 0 Å². The van der Waals surface area contributed by atoms with E-state index in [-0.39, 0.29) is 0 Å². The second-order valence-electron chi connectivity index (χ2n) is 4.69. The van der Waals surface area contributed by atoms with Gasteiger partial charge in [0, 0.05) is 12.6 Å². The highest BCUT2D eigenvalue weighted by atomic mass is 32.2. The summed E-state index contributed by atoms with van der Waals surface area (Å²) in [5, 5.41) is 9.09. The fourth-order valence-electron chi connectivity index (χ4n) is 1.89. The van der Waals surface area contributed by atoms with Crippen molar-refractivity contribution in [2.45, 2.75) is 25.9 Å². The Bertz CT molecular complexity index is 442. The second kappa shape index (κ2) is 8.08. The first-order valence-corrected chi connectivity index (χ1v) is 7.78. The van der Waals surface area contributed by atoms with Crippen LogP contribution in [0.1, 0.15) is 24.5 Å². The van der Waals surface area contributed by atoms with Crippen LogP contribution in [0, 0.1) is 11.3 Å². The summed E-state index contributed by atoms with van der Waals surface area (Å²) in [7, 11) is 3.72. The maximum atomic E-state index is 9.09. The van der Waals surface area contributed by atoms with Crippen LogP contribution in [0.4, 0.5) is 0 Å². The molecule has 3 nitrogen and oxygen atoms in total. The zero-order valence-electron chi connectivity index (χ0n) is 12.1. The first-order chi connectivity index (χ1) is 9.12. The number of ether oxygens (including phenoxy) is 1. The lowest BCUT2D eigenvalue weighted by Crippen LogP contribution is -2.29. The van der Waals surface area contributed by atoms with Crippen LogP contribution in [-0.2, 0) is 6.54 Å². The van der Waals surface area contributed by atoms with Gasteiger partial charge in [-0.25, -0.2) is 0 Å². The summed E-state index contributed by atoms with van der Waals surface area (Å²) in [6.07, 6.45) is 3.31. The van der Waals surface area contributed by atoms with Crippen molar-refractivity contribution in [1.29, 1.82) is 5.26 Å². The van der Waals surface area contributed by atoms with E-state index in [9.17, 15) is 0 Å². The van der Waals surface area contributed by atoms with Gasteiger partial charge >= 0.3 is 0 Å². The molecule has 1 aromatic carbocycles. The number of benzene rings is 1. The van der Waals surface area contributed by atoms with Crippen LogP contribution in [0.15, 0.2) is 18.2 Å². The van der Waals surface area contributed by atoms with Gasteiger partial charge < -0.3 is 4.74 Å². The Morgan fingerprint density at radius 1 is 1.47 bits per heavy atom. The maximum absolute atomic E-state index is 9.09. The molecule has 0 saturated carbocycles. The van der Waals surface area contributed by atoms with Crippen LogP contribution in [0.5, 0.6) is 5.75 Å². The molecule has 0 bridgehead atoms. The summed E-state index contributed by atoms with van der Waals surface area (Å²) >= 11 is 1.88. The molecule has 0 radical (unpaired) electrons. The summed E-state index contributed by atoms with van der Waals surface area (Å²) in [6, 6.07) is 8.53. The van der Waals surface area contributed by atoms with Gasteiger partial charge in [-0.05, 0) is 50.1 Å². The van der Waals surface area contributed by atoms with Crippen molar-refractivity contribution in [2.75, 3.05) is 26.2 Å². The molecule has 0 spiro atoms. The molecule has 0 aliphatic heterocycles. The number of thioether (sulfide) groups is 1. The molecular weight excluding hydrogens is 256 g/mol. The molecule has 0 fully saturated rings. The minimum absolute atomic E-state index is 0.542. The van der Waals surface area contributed by atoms with Crippen LogP contribution in [0.3, 0.4) is 0 Å². The average Bonchev–Trinajstić information content (AvgIpc) is 2.44. The van der Waals surface area contributed by atoms with E-state index in [4.69, 9.17) is 10.00 Å². The Morgan fingerprint density at radius 2 is 2.21 bits per heavy atom. The van der Waals surface area contributed by atoms with E-state index in [2.05, 4.69) is 31.2 Å².